The fourth-order valence-electron chi connectivity index (χ4n) is 2.55. The normalized spacial score (nSPS) is 11.0. The number of hydrogen-bond donors (Lipinski definition) is 1. The average molecular weight is 366 g/mol. The quantitative estimate of drug-likeness (QED) is 0.485. The van der Waals surface area contributed by atoms with Gasteiger partial charge in [-0.25, -0.2) is 9.18 Å². The molecule has 124 valence electrons. The lowest BCUT2D eigenvalue weighted by atomic mass is 10.1. The van der Waals surface area contributed by atoms with E-state index in [1.165, 1.54) is 18.2 Å². The van der Waals surface area contributed by atoms with Gasteiger partial charge in [0.15, 0.2) is 0 Å². The number of aromatic nitrogens is 1. The van der Waals surface area contributed by atoms with Crippen LogP contribution in [0.25, 0.3) is 10.9 Å². The highest BCUT2D eigenvalue weighted by Crippen LogP contribution is 2.24. The Morgan fingerprint density at radius 2 is 2.04 bits per heavy atom. The van der Waals surface area contributed by atoms with Crippen molar-refractivity contribution in [3.05, 3.63) is 69.6 Å². The minimum Gasteiger partial charge on any atom is -0.462 e. The van der Waals surface area contributed by atoms with Gasteiger partial charge in [0.05, 0.1) is 11.6 Å². The Morgan fingerprint density at radius 3 is 2.83 bits per heavy atom. The van der Waals surface area contributed by atoms with Crippen molar-refractivity contribution in [2.45, 2.75) is 12.8 Å². The zero-order valence-electron chi connectivity index (χ0n) is 12.6. The molecule has 1 heterocycles. The first kappa shape index (κ1) is 16.8. The Morgan fingerprint density at radius 1 is 1.21 bits per heavy atom. The van der Waals surface area contributed by atoms with E-state index in [2.05, 4.69) is 4.98 Å². The van der Waals surface area contributed by atoms with Crippen molar-refractivity contribution in [2.75, 3.05) is 6.61 Å². The second kappa shape index (κ2) is 7.24. The van der Waals surface area contributed by atoms with Gasteiger partial charge in [0.1, 0.15) is 11.4 Å². The molecule has 0 fully saturated rings. The number of nitrogens with one attached hydrogen (secondary N) is 1. The number of halogens is 3. The van der Waals surface area contributed by atoms with Crippen LogP contribution in [0.4, 0.5) is 4.39 Å². The van der Waals surface area contributed by atoms with Crippen LogP contribution in [-0.2, 0) is 11.2 Å². The van der Waals surface area contributed by atoms with Crippen LogP contribution in [0, 0.1) is 5.82 Å². The largest absolute Gasteiger partial charge is 0.462 e. The maximum atomic E-state index is 13.6. The molecular weight excluding hydrogens is 352 g/mol. The molecule has 1 aromatic heterocycles. The van der Waals surface area contributed by atoms with Crippen molar-refractivity contribution < 1.29 is 13.9 Å². The Hall–Kier alpha value is -2.04. The van der Waals surface area contributed by atoms with E-state index in [4.69, 9.17) is 27.9 Å². The first-order chi connectivity index (χ1) is 11.6. The average Bonchev–Trinajstić information content (AvgIpc) is 2.93. The maximum absolute atomic E-state index is 13.6. The molecule has 0 amide bonds. The molecule has 0 saturated carbocycles. The molecule has 0 spiro atoms. The zero-order chi connectivity index (χ0) is 17.1. The molecule has 3 nitrogen and oxygen atoms in total. The third-order valence-electron chi connectivity index (χ3n) is 3.72. The van der Waals surface area contributed by atoms with Crippen LogP contribution >= 0.6 is 23.2 Å². The second-order valence-electron chi connectivity index (χ2n) is 5.34. The molecule has 0 bridgehead atoms. The molecule has 2 aromatic carbocycles. The van der Waals surface area contributed by atoms with Crippen molar-refractivity contribution in [1.29, 1.82) is 0 Å². The summed E-state index contributed by atoms with van der Waals surface area (Å²) in [7, 11) is 0. The molecule has 1 N–H and O–H groups in total. The van der Waals surface area contributed by atoms with Gasteiger partial charge in [0, 0.05) is 22.1 Å². The van der Waals surface area contributed by atoms with Crippen molar-refractivity contribution in [1.82, 2.24) is 4.98 Å². The number of fused-ring (bicyclic) bond motifs is 1. The van der Waals surface area contributed by atoms with E-state index in [0.717, 1.165) is 16.5 Å². The predicted molar refractivity (Wildman–Crippen MR) is 93.3 cm³/mol. The van der Waals surface area contributed by atoms with E-state index < -0.39 is 11.8 Å². The number of H-pyrrole nitrogens is 1. The van der Waals surface area contributed by atoms with E-state index in [9.17, 15) is 9.18 Å². The number of aromatic amines is 1. The summed E-state index contributed by atoms with van der Waals surface area (Å²) in [5.74, 6) is -1.43. The van der Waals surface area contributed by atoms with Gasteiger partial charge < -0.3 is 9.72 Å². The number of benzene rings is 2. The number of rotatable bonds is 5. The smallest absolute Gasteiger partial charge is 0.342 e. The van der Waals surface area contributed by atoms with Gasteiger partial charge in [-0.1, -0.05) is 29.3 Å². The van der Waals surface area contributed by atoms with Crippen LogP contribution in [-0.4, -0.2) is 17.6 Å². The number of carbonyl (C=O) groups excluding carboxylic acids is 1. The van der Waals surface area contributed by atoms with E-state index in [0.29, 0.717) is 17.9 Å². The van der Waals surface area contributed by atoms with Crippen molar-refractivity contribution in [2.24, 2.45) is 0 Å². The molecule has 0 aliphatic carbocycles. The number of aryl methyl sites for hydroxylation is 1. The van der Waals surface area contributed by atoms with E-state index in [1.807, 2.05) is 24.4 Å². The highest BCUT2D eigenvalue weighted by Gasteiger charge is 2.17. The fraction of sp³-hybridized carbons (Fsp3) is 0.167. The maximum Gasteiger partial charge on any atom is 0.342 e. The van der Waals surface area contributed by atoms with Crippen molar-refractivity contribution in [3.8, 4) is 0 Å². The molecule has 3 aromatic rings. The van der Waals surface area contributed by atoms with Crippen molar-refractivity contribution >= 4 is 40.1 Å². The molecule has 0 aliphatic heterocycles. The first-order valence-electron chi connectivity index (χ1n) is 7.43. The van der Waals surface area contributed by atoms with E-state index in [1.54, 1.807) is 0 Å². The molecule has 6 heteroatoms. The third kappa shape index (κ3) is 3.55. The Kier molecular flexibility index (Phi) is 5.07. The third-order valence-corrected chi connectivity index (χ3v) is 4.27. The van der Waals surface area contributed by atoms with Gasteiger partial charge in [0.2, 0.25) is 0 Å². The number of carbonyl (C=O) groups is 1. The molecule has 0 aliphatic rings. The van der Waals surface area contributed by atoms with E-state index in [-0.39, 0.29) is 17.2 Å². The lowest BCUT2D eigenvalue weighted by Gasteiger charge is -2.07. The standard InChI is InChI=1S/C18H14Cl2FNO2/c19-12-6-7-16-13(9-12)11(10-22-16)3-2-8-24-18(23)17-14(20)4-1-5-15(17)21/h1,4-7,9-10,22H,2-3,8H2. The molecule has 0 saturated heterocycles. The first-order valence-corrected chi connectivity index (χ1v) is 8.18. The lowest BCUT2D eigenvalue weighted by Crippen LogP contribution is -2.10. The minimum absolute atomic E-state index is 0.0475. The molecule has 0 atom stereocenters. The zero-order valence-corrected chi connectivity index (χ0v) is 14.1. The molecule has 24 heavy (non-hydrogen) atoms. The van der Waals surface area contributed by atoms with Crippen LogP contribution < -0.4 is 0 Å². The van der Waals surface area contributed by atoms with Crippen LogP contribution in [0.5, 0.6) is 0 Å². The molecule has 0 radical (unpaired) electrons. The van der Waals surface area contributed by atoms with Gasteiger partial charge in [0.25, 0.3) is 0 Å². The number of ether oxygens (including phenoxy) is 1. The van der Waals surface area contributed by atoms with Crippen LogP contribution in [0.2, 0.25) is 10.0 Å². The molecule has 3 rings (SSSR count). The summed E-state index contributed by atoms with van der Waals surface area (Å²) < 4.78 is 18.8. The van der Waals surface area contributed by atoms with Gasteiger partial charge in [-0.3, -0.25) is 0 Å². The van der Waals surface area contributed by atoms with Gasteiger partial charge >= 0.3 is 5.97 Å². The number of hydrogen-bond acceptors (Lipinski definition) is 2. The van der Waals surface area contributed by atoms with Crippen LogP contribution in [0.3, 0.4) is 0 Å². The molecule has 0 unspecified atom stereocenters. The topological polar surface area (TPSA) is 42.1 Å². The predicted octanol–water partition coefficient (Wildman–Crippen LogP) is 5.40. The summed E-state index contributed by atoms with van der Waals surface area (Å²) in [6.07, 6.45) is 3.23. The van der Waals surface area contributed by atoms with Gasteiger partial charge in [-0.2, -0.15) is 0 Å². The van der Waals surface area contributed by atoms with Gasteiger partial charge in [-0.05, 0) is 48.7 Å². The summed E-state index contributed by atoms with van der Waals surface area (Å²) >= 11 is 11.9. The van der Waals surface area contributed by atoms with Crippen molar-refractivity contribution in [3.63, 3.8) is 0 Å². The minimum atomic E-state index is -0.750. The fourth-order valence-corrected chi connectivity index (χ4v) is 2.96. The summed E-state index contributed by atoms with van der Waals surface area (Å²) in [5.41, 5.74) is 1.87. The SMILES string of the molecule is O=C(OCCCc1c[nH]c2ccc(Cl)cc12)c1c(F)cccc1Cl. The second-order valence-corrected chi connectivity index (χ2v) is 6.18. The Bertz CT molecular complexity index is 872. The number of esters is 1. The van der Waals surface area contributed by atoms with Gasteiger partial charge in [-0.15, -0.1) is 0 Å². The summed E-state index contributed by atoms with van der Waals surface area (Å²) in [4.78, 5) is 15.1. The van der Waals surface area contributed by atoms with Crippen LogP contribution in [0.15, 0.2) is 42.6 Å². The highest BCUT2D eigenvalue weighted by atomic mass is 35.5. The van der Waals surface area contributed by atoms with Crippen LogP contribution in [0.1, 0.15) is 22.3 Å². The monoisotopic (exact) mass is 365 g/mol. The Balaban J connectivity index is 1.59. The summed E-state index contributed by atoms with van der Waals surface area (Å²) in [6.45, 7) is 0.177. The summed E-state index contributed by atoms with van der Waals surface area (Å²) in [6, 6.07) is 9.71. The Labute approximate surface area is 148 Å². The lowest BCUT2D eigenvalue weighted by molar-refractivity contribution is 0.0495. The summed E-state index contributed by atoms with van der Waals surface area (Å²) in [5, 5.41) is 1.77. The van der Waals surface area contributed by atoms with E-state index >= 15 is 0 Å². The molecular formula is C18H14Cl2FNO2. The highest BCUT2D eigenvalue weighted by molar-refractivity contribution is 6.33.